The maximum Gasteiger partial charge on any atom is 0.407 e. The number of nitrogens with two attached hydrogens (primary N) is 1. The van der Waals surface area contributed by atoms with Gasteiger partial charge in [0, 0.05) is 83.6 Å². The van der Waals surface area contributed by atoms with Crippen LogP contribution in [0.4, 0.5) is 15.3 Å². The van der Waals surface area contributed by atoms with Crippen LogP contribution in [-0.4, -0.2) is 248 Å². The number of thioether (sulfide) groups is 1. The summed E-state index contributed by atoms with van der Waals surface area (Å²) in [6.45, 7) is 16.1. The highest BCUT2D eigenvalue weighted by Crippen LogP contribution is 2.52. The molecule has 4 fully saturated rings. The smallest absolute Gasteiger partial charge is 0.407 e. The second-order valence-electron chi connectivity index (χ2n) is 31.2. The molecule has 2 aromatic carbocycles. The van der Waals surface area contributed by atoms with Gasteiger partial charge in [0.1, 0.15) is 30.5 Å². The molecule has 12 atom stereocenters. The number of hydrogen-bond acceptors (Lipinski definition) is 22. The molecule has 9 N–H and O–H groups in total. The standard InChI is InChI=1S/C79H119N13O20S/c1-16-48(8)69(89(12)76(105)67(46(4)5)87-74(103)68(47(6)7)88(10)11)58(109-14)38-63(97)91-42-53(37-56(91)70(110-15)49(9)71(100)82-41-57(93)51-22-20-23-54(36-51)108-13)84-78(107)111-43-50-26-28-52(29-27-50)83-72(101)55(24-21-34-81-77(80)106)85-73(102)66(45(2)3)86-60(94)25-18-17-19-35-90-64(98)39-59(75(90)104)113-44-79(32-33-79)40-65(99)112-92-61(95)30-31-62(92)96/h20,22-23,26-29,36,45-49,53,55-56,58-59,66-70H,16-19,21,24-25,30-35,37-44H2,1-15H3,(H,82,100)(H,83,101)(H,84,107)(H,85,102)(H,86,94)(H,87,103)(H3,80,81,106)/t48-,49+,53-,55-,56-,58+,59?,66-,67-,68-,69-,70+/m0/s1. The number of benzene rings is 2. The van der Waals surface area contributed by atoms with Crippen LogP contribution in [0.5, 0.6) is 5.75 Å². The zero-order valence-corrected chi connectivity index (χ0v) is 68.8. The molecular weight excluding hydrogens is 1480 g/mol. The van der Waals surface area contributed by atoms with Crippen molar-refractivity contribution in [1.29, 1.82) is 0 Å². The zero-order chi connectivity index (χ0) is 83.7. The molecule has 0 spiro atoms. The van der Waals surface area contributed by atoms with Gasteiger partial charge >= 0.3 is 18.1 Å². The number of rotatable bonds is 46. The number of ketones is 1. The summed E-state index contributed by atoms with van der Waals surface area (Å²) >= 11 is 1.30. The molecule has 4 aliphatic rings. The number of Topliss-reactive ketones (excluding diaryl/α,β-unsaturated/α-hetero) is 1. The van der Waals surface area contributed by atoms with Gasteiger partial charge in [0.15, 0.2) is 5.78 Å². The second kappa shape index (κ2) is 43.8. The monoisotopic (exact) mass is 1600 g/mol. The number of hydroxylamine groups is 2. The highest BCUT2D eigenvalue weighted by atomic mass is 32.2. The number of carbonyl (C=O) groups is 15. The van der Waals surface area contributed by atoms with Crippen LogP contribution in [0.3, 0.4) is 0 Å². The van der Waals surface area contributed by atoms with Crippen LogP contribution in [0.1, 0.15) is 175 Å². The van der Waals surface area contributed by atoms with Crippen molar-refractivity contribution in [3.63, 3.8) is 0 Å². The molecule has 3 heterocycles. The first-order chi connectivity index (χ1) is 53.5. The maximum atomic E-state index is 15.1. The zero-order valence-electron chi connectivity index (χ0n) is 68.0. The van der Waals surface area contributed by atoms with E-state index in [1.54, 1.807) is 95.3 Å². The highest BCUT2D eigenvalue weighted by molar-refractivity contribution is 8.00. The molecule has 34 heteroatoms. The second-order valence-corrected chi connectivity index (χ2v) is 32.4. The Morgan fingerprint density at radius 3 is 2.00 bits per heavy atom. The molecule has 33 nitrogen and oxygen atoms in total. The summed E-state index contributed by atoms with van der Waals surface area (Å²) in [6, 6.07) is 6.07. The summed E-state index contributed by atoms with van der Waals surface area (Å²) in [5.41, 5.74) is 5.95. The third kappa shape index (κ3) is 26.9. The van der Waals surface area contributed by atoms with Crippen molar-refractivity contribution in [2.45, 2.75) is 225 Å². The van der Waals surface area contributed by atoms with Gasteiger partial charge in [-0.05, 0) is 118 Å². The van der Waals surface area contributed by atoms with Gasteiger partial charge in [0.25, 0.3) is 11.8 Å². The first-order valence-corrected chi connectivity index (χ1v) is 40.0. The fourth-order valence-corrected chi connectivity index (χ4v) is 16.0. The fraction of sp³-hybridized carbons (Fsp3) is 0.658. The lowest BCUT2D eigenvalue weighted by atomic mass is 9.89. The van der Waals surface area contributed by atoms with Crippen LogP contribution in [0.15, 0.2) is 48.5 Å². The lowest BCUT2D eigenvalue weighted by molar-refractivity contribution is -0.198. The SMILES string of the molecule is CC[C@H](C)[C@@H]([C@@H](CC(=O)N1C[C@@H](NC(=O)OCc2ccc(NC(=O)[C@H](CCCNC(N)=O)NC(=O)[C@@H](NC(=O)CCCCCN3C(=O)CC(SCC4(CC(=O)ON5C(=O)CCC5=O)CC4)C3=O)C(C)C)cc2)C[C@H]1[C@H](OC)[C@@H](C)C(=O)NCC(=O)c1cccc(OC)c1)OC)N(C)C(=O)[C@@H](NC(=O)[C@H](C(C)C)N(C)C)C(C)C. The van der Waals surface area contributed by atoms with Crippen molar-refractivity contribution < 1.29 is 95.7 Å². The van der Waals surface area contributed by atoms with Crippen molar-refractivity contribution >= 4 is 106 Å². The third-order valence-corrected chi connectivity index (χ3v) is 22.9. The normalized spacial score (nSPS) is 19.0. The molecule has 0 bridgehead atoms. The number of methoxy groups -OCH3 is 3. The van der Waals surface area contributed by atoms with Gasteiger partial charge in [-0.15, -0.1) is 16.8 Å². The number of primary amides is 1. The summed E-state index contributed by atoms with van der Waals surface area (Å²) in [5.74, 6) is -7.39. The molecule has 1 unspecified atom stereocenters. The van der Waals surface area contributed by atoms with Crippen molar-refractivity contribution in [3.8, 4) is 5.75 Å². The number of amides is 14. The minimum atomic E-state index is -1.17. The van der Waals surface area contributed by atoms with Gasteiger partial charge in [-0.2, -0.15) is 0 Å². The van der Waals surface area contributed by atoms with E-state index in [2.05, 4.69) is 37.2 Å². The number of likely N-dealkylation sites (N-methyl/N-ethyl adjacent to an activating group) is 2. The summed E-state index contributed by atoms with van der Waals surface area (Å²) in [7, 11) is 9.57. The number of ether oxygens (including phenoxy) is 4. The van der Waals surface area contributed by atoms with Crippen molar-refractivity contribution in [1.82, 2.24) is 56.6 Å². The molecule has 626 valence electrons. The number of nitrogens with one attached hydrogen (secondary N) is 7. The summed E-state index contributed by atoms with van der Waals surface area (Å²) in [5, 5.41) is 19.3. The Balaban J connectivity index is 1.05. The topological polar surface area (TPSA) is 429 Å². The lowest BCUT2D eigenvalue weighted by Crippen LogP contribution is -2.59. The number of nitrogens with zero attached hydrogens (tertiary/aromatic N) is 5. The minimum absolute atomic E-state index is 0.000349. The number of hydrogen-bond donors (Lipinski definition) is 8. The van der Waals surface area contributed by atoms with Crippen LogP contribution in [0.25, 0.3) is 0 Å². The molecule has 113 heavy (non-hydrogen) atoms. The van der Waals surface area contributed by atoms with Gasteiger partial charge in [-0.3, -0.25) is 67.3 Å². The van der Waals surface area contributed by atoms with E-state index in [9.17, 15) is 67.1 Å². The van der Waals surface area contributed by atoms with Gasteiger partial charge in [0.05, 0.1) is 74.0 Å². The number of likely N-dealkylation sites (tertiary alicyclic amines) is 2. The molecule has 14 amide bonds. The Labute approximate surface area is 666 Å². The number of unbranched alkanes of at least 4 members (excludes halogenated alkanes) is 2. The van der Waals surface area contributed by atoms with Crippen LogP contribution in [-0.2, 0) is 83.2 Å². The Bertz CT molecular complexity index is 3660. The fourth-order valence-electron chi connectivity index (χ4n) is 14.5. The average molecular weight is 1600 g/mol. The molecule has 1 saturated carbocycles. The molecule has 0 radical (unpaired) electrons. The molecule has 3 saturated heterocycles. The minimum Gasteiger partial charge on any atom is -0.497 e. The Morgan fingerprint density at radius 2 is 1.41 bits per heavy atom. The van der Waals surface area contributed by atoms with E-state index in [4.69, 9.17) is 29.5 Å². The molecular formula is C79H119N13O20S. The largest absolute Gasteiger partial charge is 0.497 e. The summed E-state index contributed by atoms with van der Waals surface area (Å²) in [4.78, 5) is 212. The van der Waals surface area contributed by atoms with E-state index in [0.29, 0.717) is 71.9 Å². The van der Waals surface area contributed by atoms with E-state index in [1.807, 2.05) is 46.4 Å². The van der Waals surface area contributed by atoms with E-state index in [1.165, 1.54) is 42.9 Å². The first-order valence-electron chi connectivity index (χ1n) is 39.0. The van der Waals surface area contributed by atoms with Crippen LogP contribution >= 0.6 is 11.8 Å². The summed E-state index contributed by atoms with van der Waals surface area (Å²) < 4.78 is 23.2. The van der Waals surface area contributed by atoms with Crippen molar-refractivity contribution in [2.75, 3.05) is 79.7 Å². The molecule has 1 aliphatic carbocycles. The van der Waals surface area contributed by atoms with Gasteiger partial charge in [-0.25, -0.2) is 14.4 Å². The molecule has 2 aromatic rings. The quantitative estimate of drug-likeness (QED) is 0.0252. The number of carbonyl (C=O) groups excluding carboxylic acids is 15. The average Bonchev–Trinajstić information content (AvgIpc) is 1.65. The number of urea groups is 1. The van der Waals surface area contributed by atoms with E-state index in [-0.39, 0.29) is 138 Å². The van der Waals surface area contributed by atoms with Gasteiger partial charge in [-0.1, -0.05) is 99.4 Å². The van der Waals surface area contributed by atoms with E-state index in [0.717, 1.165) is 0 Å². The predicted octanol–water partition coefficient (Wildman–Crippen LogP) is 4.76. The maximum absolute atomic E-state index is 15.1. The highest BCUT2D eigenvalue weighted by Gasteiger charge is 2.50. The molecule has 0 aromatic heterocycles. The Morgan fingerprint density at radius 1 is 0.735 bits per heavy atom. The van der Waals surface area contributed by atoms with Gasteiger partial charge in [0.2, 0.25) is 53.2 Å². The molecule has 6 rings (SSSR count). The summed E-state index contributed by atoms with van der Waals surface area (Å²) in [6.07, 6.45) is 0.491. The Hall–Kier alpha value is -9.28. The van der Waals surface area contributed by atoms with E-state index < -0.39 is 136 Å². The number of anilines is 1. The van der Waals surface area contributed by atoms with Crippen LogP contribution in [0, 0.1) is 35.0 Å². The third-order valence-electron chi connectivity index (χ3n) is 21.3. The van der Waals surface area contributed by atoms with Crippen LogP contribution in [0.2, 0.25) is 0 Å². The number of alkyl carbamates (subject to hydrolysis) is 1. The van der Waals surface area contributed by atoms with Crippen LogP contribution < -0.4 is 47.7 Å². The lowest BCUT2D eigenvalue weighted by Gasteiger charge is -2.41. The van der Waals surface area contributed by atoms with Gasteiger partial charge < -0.3 is 76.5 Å². The Kier molecular flexibility index (Phi) is 35.9. The van der Waals surface area contributed by atoms with E-state index >= 15 is 4.79 Å². The predicted molar refractivity (Wildman–Crippen MR) is 418 cm³/mol. The van der Waals surface area contributed by atoms with Crippen molar-refractivity contribution in [3.05, 3.63) is 59.7 Å². The number of imide groups is 2. The molecule has 3 aliphatic heterocycles. The van der Waals surface area contributed by atoms with Crippen molar-refractivity contribution in [2.24, 2.45) is 40.7 Å². The first kappa shape index (κ1) is 92.6.